The molecule has 0 spiro atoms. The number of rotatable bonds is 6. The highest BCUT2D eigenvalue weighted by Gasteiger charge is 2.22. The number of anilines is 1. The molecule has 1 amide bonds. The maximum atomic E-state index is 12.6. The summed E-state index contributed by atoms with van der Waals surface area (Å²) in [5.74, 6) is 0.565. The van der Waals surface area contributed by atoms with Crippen LogP contribution in [0.2, 0.25) is 0 Å². The highest BCUT2D eigenvalue weighted by molar-refractivity contribution is 7.21. The zero-order chi connectivity index (χ0) is 15.4. The summed E-state index contributed by atoms with van der Waals surface area (Å²) in [6, 6.07) is 5.66. The first-order chi connectivity index (χ1) is 10.1. The van der Waals surface area contributed by atoms with Gasteiger partial charge < -0.3 is 15.4 Å². The fraction of sp³-hybridized carbons (Fsp3) is 0.188. The molecule has 4 nitrogen and oxygen atoms in total. The summed E-state index contributed by atoms with van der Waals surface area (Å²) in [4.78, 5) is 14.8. The molecule has 0 aliphatic rings. The van der Waals surface area contributed by atoms with Crippen molar-refractivity contribution in [2.45, 2.75) is 0 Å². The second-order valence-electron chi connectivity index (χ2n) is 4.47. The van der Waals surface area contributed by atoms with Crippen molar-refractivity contribution in [2.24, 2.45) is 0 Å². The predicted molar refractivity (Wildman–Crippen MR) is 89.1 cm³/mol. The van der Waals surface area contributed by atoms with Crippen molar-refractivity contribution in [3.05, 3.63) is 48.4 Å². The molecule has 0 aliphatic heterocycles. The lowest BCUT2D eigenvalue weighted by Crippen LogP contribution is -2.31. The number of hydrogen-bond donors (Lipinski definition) is 1. The van der Waals surface area contributed by atoms with Gasteiger partial charge in [-0.25, -0.2) is 0 Å². The zero-order valence-electron chi connectivity index (χ0n) is 12.0. The monoisotopic (exact) mass is 302 g/mol. The number of nitrogen functional groups attached to an aromatic ring is 1. The third-order valence-electron chi connectivity index (χ3n) is 3.11. The first-order valence-electron chi connectivity index (χ1n) is 6.50. The van der Waals surface area contributed by atoms with E-state index in [0.29, 0.717) is 29.4 Å². The molecule has 0 saturated carbocycles. The Morgan fingerprint density at radius 2 is 2.05 bits per heavy atom. The fourth-order valence-electron chi connectivity index (χ4n) is 2.16. The third kappa shape index (κ3) is 2.78. The number of ether oxygens (including phenoxy) is 1. The lowest BCUT2D eigenvalue weighted by molar-refractivity contribution is 0.0796. The van der Waals surface area contributed by atoms with Crippen LogP contribution in [-0.4, -0.2) is 31.0 Å². The van der Waals surface area contributed by atoms with Crippen LogP contribution in [0.25, 0.3) is 10.1 Å². The van der Waals surface area contributed by atoms with E-state index in [1.54, 1.807) is 24.2 Å². The maximum absolute atomic E-state index is 12.6. The molecule has 1 aromatic carbocycles. The molecule has 0 atom stereocenters. The average Bonchev–Trinajstić information content (AvgIpc) is 2.83. The number of nitrogens with two attached hydrogens (primary N) is 1. The minimum atomic E-state index is -0.115. The highest BCUT2D eigenvalue weighted by atomic mass is 32.1. The number of nitrogens with zero attached hydrogens (tertiary/aromatic N) is 1. The summed E-state index contributed by atoms with van der Waals surface area (Å²) in [7, 11) is 1.59. The summed E-state index contributed by atoms with van der Waals surface area (Å²) in [6.07, 6.45) is 3.37. The molecular formula is C16H18N2O2S. The van der Waals surface area contributed by atoms with Gasteiger partial charge in [-0.3, -0.25) is 4.79 Å². The summed E-state index contributed by atoms with van der Waals surface area (Å²) in [5, 5.41) is 0.797. The molecule has 0 unspecified atom stereocenters. The third-order valence-corrected chi connectivity index (χ3v) is 4.27. The zero-order valence-corrected chi connectivity index (χ0v) is 12.8. The Labute approximate surface area is 128 Å². The van der Waals surface area contributed by atoms with E-state index in [2.05, 4.69) is 13.2 Å². The molecule has 2 rings (SSSR count). The van der Waals surface area contributed by atoms with Crippen molar-refractivity contribution in [3.63, 3.8) is 0 Å². The average molecular weight is 302 g/mol. The molecule has 21 heavy (non-hydrogen) atoms. The van der Waals surface area contributed by atoms with Crippen LogP contribution >= 0.6 is 11.3 Å². The lowest BCUT2D eigenvalue weighted by Gasteiger charge is -2.18. The maximum Gasteiger partial charge on any atom is 0.266 e. The molecular weight excluding hydrogens is 284 g/mol. The van der Waals surface area contributed by atoms with Crippen LogP contribution in [0, 0.1) is 0 Å². The first kappa shape index (κ1) is 15.1. The van der Waals surface area contributed by atoms with Crippen molar-refractivity contribution in [1.29, 1.82) is 0 Å². The van der Waals surface area contributed by atoms with Crippen LogP contribution in [0.5, 0.6) is 5.75 Å². The van der Waals surface area contributed by atoms with Crippen LogP contribution in [-0.2, 0) is 0 Å². The number of carbonyl (C=O) groups is 1. The van der Waals surface area contributed by atoms with Crippen LogP contribution in [0.1, 0.15) is 9.67 Å². The number of benzene rings is 1. The summed E-state index contributed by atoms with van der Waals surface area (Å²) in [6.45, 7) is 8.26. The van der Waals surface area contributed by atoms with Crippen molar-refractivity contribution < 1.29 is 9.53 Å². The van der Waals surface area contributed by atoms with E-state index in [4.69, 9.17) is 10.5 Å². The number of methoxy groups -OCH3 is 1. The van der Waals surface area contributed by atoms with E-state index in [-0.39, 0.29) is 5.91 Å². The second-order valence-corrected chi connectivity index (χ2v) is 5.52. The normalized spacial score (nSPS) is 10.3. The van der Waals surface area contributed by atoms with Gasteiger partial charge in [0.2, 0.25) is 0 Å². The molecule has 5 heteroatoms. The van der Waals surface area contributed by atoms with Crippen molar-refractivity contribution in [3.8, 4) is 5.75 Å². The second kappa shape index (κ2) is 6.45. The number of hydrogen-bond acceptors (Lipinski definition) is 4. The Kier molecular flexibility index (Phi) is 4.65. The number of fused-ring (bicyclic) bond motifs is 1. The molecule has 0 aliphatic carbocycles. The van der Waals surface area contributed by atoms with Gasteiger partial charge in [-0.1, -0.05) is 18.2 Å². The van der Waals surface area contributed by atoms with Gasteiger partial charge in [-0.2, -0.15) is 0 Å². The van der Waals surface area contributed by atoms with E-state index in [0.717, 1.165) is 10.1 Å². The Bertz CT molecular complexity index is 681. The first-order valence-corrected chi connectivity index (χ1v) is 7.31. The van der Waals surface area contributed by atoms with Crippen LogP contribution in [0.4, 0.5) is 5.69 Å². The standard InChI is InChI=1S/C16H18N2O2S/c1-4-9-18(10-5-2)16(19)15-14(17)13-11(20-3)7-6-8-12(13)21-15/h4-8H,1-2,9-10,17H2,3H3. The minimum Gasteiger partial charge on any atom is -0.496 e. The van der Waals surface area contributed by atoms with Crippen LogP contribution in [0.15, 0.2) is 43.5 Å². The number of carbonyl (C=O) groups excluding carboxylic acids is 1. The van der Waals surface area contributed by atoms with Gasteiger partial charge in [0.05, 0.1) is 18.2 Å². The van der Waals surface area contributed by atoms with Crippen molar-refractivity contribution in [1.82, 2.24) is 4.90 Å². The quantitative estimate of drug-likeness (QED) is 0.833. The molecule has 1 heterocycles. The van der Waals surface area contributed by atoms with Gasteiger partial charge in [-0.15, -0.1) is 24.5 Å². The van der Waals surface area contributed by atoms with E-state index in [1.165, 1.54) is 11.3 Å². The topological polar surface area (TPSA) is 55.6 Å². The summed E-state index contributed by atoms with van der Waals surface area (Å²) >= 11 is 1.38. The van der Waals surface area contributed by atoms with E-state index < -0.39 is 0 Å². The van der Waals surface area contributed by atoms with Gasteiger partial charge >= 0.3 is 0 Å². The molecule has 0 radical (unpaired) electrons. The van der Waals surface area contributed by atoms with Crippen molar-refractivity contribution in [2.75, 3.05) is 25.9 Å². The molecule has 0 saturated heterocycles. The minimum absolute atomic E-state index is 0.115. The van der Waals surface area contributed by atoms with Gasteiger partial charge in [0.25, 0.3) is 5.91 Å². The smallest absolute Gasteiger partial charge is 0.266 e. The number of amides is 1. The largest absolute Gasteiger partial charge is 0.496 e. The van der Waals surface area contributed by atoms with Crippen molar-refractivity contribution >= 4 is 33.0 Å². The summed E-state index contributed by atoms with van der Waals surface area (Å²) in [5.41, 5.74) is 6.65. The lowest BCUT2D eigenvalue weighted by atomic mass is 10.2. The van der Waals surface area contributed by atoms with Crippen LogP contribution < -0.4 is 10.5 Å². The van der Waals surface area contributed by atoms with E-state index in [1.807, 2.05) is 18.2 Å². The molecule has 110 valence electrons. The fourth-order valence-corrected chi connectivity index (χ4v) is 3.27. The van der Waals surface area contributed by atoms with Gasteiger partial charge in [0.15, 0.2) is 0 Å². The van der Waals surface area contributed by atoms with Crippen LogP contribution in [0.3, 0.4) is 0 Å². The number of thiophene rings is 1. The predicted octanol–water partition coefficient (Wildman–Crippen LogP) is 3.31. The van der Waals surface area contributed by atoms with E-state index in [9.17, 15) is 4.79 Å². The molecule has 2 N–H and O–H groups in total. The molecule has 1 aromatic heterocycles. The Morgan fingerprint density at radius 1 is 1.38 bits per heavy atom. The van der Waals surface area contributed by atoms with Gasteiger partial charge in [-0.05, 0) is 12.1 Å². The molecule has 2 aromatic rings. The van der Waals surface area contributed by atoms with E-state index >= 15 is 0 Å². The SMILES string of the molecule is C=CCN(CC=C)C(=O)c1sc2cccc(OC)c2c1N. The summed E-state index contributed by atoms with van der Waals surface area (Å²) < 4.78 is 6.26. The van der Waals surface area contributed by atoms with Gasteiger partial charge in [0, 0.05) is 17.8 Å². The van der Waals surface area contributed by atoms with Gasteiger partial charge in [0.1, 0.15) is 10.6 Å². The highest BCUT2D eigenvalue weighted by Crippen LogP contribution is 2.39. The molecule has 0 fully saturated rings. The Morgan fingerprint density at radius 3 is 2.62 bits per heavy atom. The molecule has 0 bridgehead atoms. The Hall–Kier alpha value is -2.27. The Balaban J connectivity index is 2.51.